The van der Waals surface area contributed by atoms with E-state index in [-0.39, 0.29) is 17.9 Å². The normalized spacial score (nSPS) is 12.4. The van der Waals surface area contributed by atoms with Gasteiger partial charge in [-0.25, -0.2) is 4.98 Å². The zero-order chi connectivity index (χ0) is 22.7. The van der Waals surface area contributed by atoms with Crippen molar-refractivity contribution < 1.29 is 9.53 Å². The summed E-state index contributed by atoms with van der Waals surface area (Å²) in [5, 5.41) is 3.22. The van der Waals surface area contributed by atoms with Gasteiger partial charge in [0.05, 0.1) is 35.2 Å². The van der Waals surface area contributed by atoms with Crippen molar-refractivity contribution in [1.82, 2.24) is 24.8 Å². The predicted molar refractivity (Wildman–Crippen MR) is 126 cm³/mol. The third kappa shape index (κ3) is 4.28. The van der Waals surface area contributed by atoms with Gasteiger partial charge in [-0.15, -0.1) is 0 Å². The summed E-state index contributed by atoms with van der Waals surface area (Å²) in [6, 6.07) is 11.1. The van der Waals surface area contributed by atoms with E-state index in [4.69, 9.17) is 9.72 Å². The minimum absolute atomic E-state index is 0.150. The van der Waals surface area contributed by atoms with Gasteiger partial charge in [0.15, 0.2) is 0 Å². The van der Waals surface area contributed by atoms with E-state index in [0.29, 0.717) is 11.1 Å². The lowest BCUT2D eigenvalue weighted by atomic mass is 10.0. The van der Waals surface area contributed by atoms with Crippen molar-refractivity contribution in [3.8, 4) is 5.75 Å². The average molecular weight is 432 g/mol. The highest BCUT2D eigenvalue weighted by Crippen LogP contribution is 2.29. The number of fused-ring (bicyclic) bond motifs is 2. The van der Waals surface area contributed by atoms with Crippen LogP contribution in [0.1, 0.15) is 55.8 Å². The summed E-state index contributed by atoms with van der Waals surface area (Å²) in [4.78, 5) is 26.7. The summed E-state index contributed by atoms with van der Waals surface area (Å²) in [6.07, 6.45) is 5.37. The van der Waals surface area contributed by atoms with E-state index in [2.05, 4.69) is 40.6 Å². The number of carbonyl (C=O) groups is 1. The molecule has 0 bridgehead atoms. The molecule has 0 saturated carbocycles. The van der Waals surface area contributed by atoms with Crippen LogP contribution in [0.2, 0.25) is 0 Å². The zero-order valence-corrected chi connectivity index (χ0v) is 19.0. The highest BCUT2D eigenvalue weighted by molar-refractivity contribution is 5.97. The fraction of sp³-hybridized carbons (Fsp3) is 0.360. The fourth-order valence-electron chi connectivity index (χ4n) is 3.90. The van der Waals surface area contributed by atoms with Gasteiger partial charge in [0.1, 0.15) is 11.6 Å². The van der Waals surface area contributed by atoms with Crippen LogP contribution in [0.25, 0.3) is 22.1 Å². The number of hydrogen-bond acceptors (Lipinski definition) is 5. The highest BCUT2D eigenvalue weighted by atomic mass is 16.5. The van der Waals surface area contributed by atoms with Gasteiger partial charge >= 0.3 is 0 Å². The third-order valence-corrected chi connectivity index (χ3v) is 5.68. The summed E-state index contributed by atoms with van der Waals surface area (Å²) in [7, 11) is 1.67. The molecule has 2 heterocycles. The minimum Gasteiger partial charge on any atom is -0.497 e. The van der Waals surface area contributed by atoms with Crippen LogP contribution in [0.15, 0.2) is 48.8 Å². The van der Waals surface area contributed by atoms with E-state index in [1.807, 2.05) is 24.3 Å². The SMILES string of the molecule is CCCCn1c(C(NC(=O)c2ccc3nccnc3c2)C(C)C)nc2ccc(OC)cc21. The summed E-state index contributed by atoms with van der Waals surface area (Å²) in [5.41, 5.74) is 3.94. The van der Waals surface area contributed by atoms with E-state index in [1.54, 1.807) is 31.6 Å². The molecule has 1 atom stereocenters. The zero-order valence-electron chi connectivity index (χ0n) is 19.0. The Kier molecular flexibility index (Phi) is 6.35. The van der Waals surface area contributed by atoms with Gasteiger partial charge in [-0.05, 0) is 42.7 Å². The Hall–Kier alpha value is -3.48. The maximum absolute atomic E-state index is 13.2. The molecule has 4 aromatic rings. The van der Waals surface area contributed by atoms with E-state index in [0.717, 1.165) is 47.5 Å². The first kappa shape index (κ1) is 21.7. The second-order valence-corrected chi connectivity index (χ2v) is 8.28. The first-order chi connectivity index (χ1) is 15.5. The number of nitrogens with zero attached hydrogens (tertiary/aromatic N) is 4. The molecule has 0 radical (unpaired) electrons. The van der Waals surface area contributed by atoms with Crippen LogP contribution in [0.3, 0.4) is 0 Å². The van der Waals surface area contributed by atoms with Gasteiger partial charge in [0.2, 0.25) is 0 Å². The van der Waals surface area contributed by atoms with Crippen LogP contribution in [0.5, 0.6) is 5.75 Å². The van der Waals surface area contributed by atoms with Gasteiger partial charge < -0.3 is 14.6 Å². The number of aryl methyl sites for hydroxylation is 1. The van der Waals surface area contributed by atoms with Crippen LogP contribution in [0.4, 0.5) is 0 Å². The summed E-state index contributed by atoms with van der Waals surface area (Å²) < 4.78 is 7.66. The molecular weight excluding hydrogens is 402 g/mol. The van der Waals surface area contributed by atoms with Crippen LogP contribution >= 0.6 is 0 Å². The molecule has 2 aromatic heterocycles. The Labute approximate surface area is 187 Å². The Morgan fingerprint density at radius 1 is 1.06 bits per heavy atom. The number of imidazole rings is 1. The van der Waals surface area contributed by atoms with E-state index >= 15 is 0 Å². The highest BCUT2D eigenvalue weighted by Gasteiger charge is 2.26. The van der Waals surface area contributed by atoms with Crippen molar-refractivity contribution in [3.05, 3.63) is 60.2 Å². The van der Waals surface area contributed by atoms with E-state index in [1.165, 1.54) is 0 Å². The van der Waals surface area contributed by atoms with Crippen molar-refractivity contribution in [2.75, 3.05) is 7.11 Å². The van der Waals surface area contributed by atoms with Gasteiger partial charge in [-0.2, -0.15) is 0 Å². The molecule has 0 aliphatic heterocycles. The smallest absolute Gasteiger partial charge is 0.251 e. The van der Waals surface area contributed by atoms with Crippen molar-refractivity contribution >= 4 is 28.0 Å². The lowest BCUT2D eigenvalue weighted by molar-refractivity contribution is 0.0922. The molecule has 4 rings (SSSR count). The van der Waals surface area contributed by atoms with Gasteiger partial charge in [0.25, 0.3) is 5.91 Å². The number of rotatable bonds is 8. The first-order valence-corrected chi connectivity index (χ1v) is 11.1. The van der Waals surface area contributed by atoms with Crippen LogP contribution < -0.4 is 10.1 Å². The Balaban J connectivity index is 1.71. The van der Waals surface area contributed by atoms with Gasteiger partial charge in [-0.3, -0.25) is 14.8 Å². The third-order valence-electron chi connectivity index (χ3n) is 5.68. The van der Waals surface area contributed by atoms with Crippen molar-refractivity contribution in [2.45, 2.75) is 46.2 Å². The molecule has 166 valence electrons. The second kappa shape index (κ2) is 9.34. The van der Waals surface area contributed by atoms with Gasteiger partial charge in [0, 0.05) is 30.6 Å². The van der Waals surface area contributed by atoms with Gasteiger partial charge in [-0.1, -0.05) is 27.2 Å². The second-order valence-electron chi connectivity index (χ2n) is 8.28. The number of unbranched alkanes of at least 4 members (excludes halogenated alkanes) is 1. The molecule has 1 N–H and O–H groups in total. The molecular formula is C25H29N5O2. The lowest BCUT2D eigenvalue weighted by Gasteiger charge is -2.23. The Morgan fingerprint density at radius 3 is 2.53 bits per heavy atom. The van der Waals surface area contributed by atoms with E-state index in [9.17, 15) is 4.79 Å². The standard InChI is InChI=1S/C25H29N5O2/c1-5-6-13-30-22-15-18(32-4)8-10-20(22)28-24(30)23(16(2)3)29-25(31)17-7-9-19-21(14-17)27-12-11-26-19/h7-12,14-16,23H,5-6,13H2,1-4H3,(H,29,31). The minimum atomic E-state index is -0.240. The number of aromatic nitrogens is 4. The van der Waals surface area contributed by atoms with E-state index < -0.39 is 0 Å². The average Bonchev–Trinajstić information content (AvgIpc) is 3.17. The predicted octanol–water partition coefficient (Wildman–Crippen LogP) is 4.92. The topological polar surface area (TPSA) is 81.9 Å². The van der Waals surface area contributed by atoms with Crippen molar-refractivity contribution in [3.63, 3.8) is 0 Å². The number of carbonyl (C=O) groups excluding carboxylic acids is 1. The molecule has 1 unspecified atom stereocenters. The quantitative estimate of drug-likeness (QED) is 0.428. The largest absolute Gasteiger partial charge is 0.497 e. The molecule has 7 nitrogen and oxygen atoms in total. The monoisotopic (exact) mass is 431 g/mol. The summed E-state index contributed by atoms with van der Waals surface area (Å²) >= 11 is 0. The van der Waals surface area contributed by atoms with Crippen molar-refractivity contribution in [1.29, 1.82) is 0 Å². The van der Waals surface area contributed by atoms with Crippen LogP contribution in [-0.4, -0.2) is 32.5 Å². The summed E-state index contributed by atoms with van der Waals surface area (Å²) in [6.45, 7) is 7.20. The maximum atomic E-state index is 13.2. The lowest BCUT2D eigenvalue weighted by Crippen LogP contribution is -2.33. The summed E-state index contributed by atoms with van der Waals surface area (Å²) in [5.74, 6) is 1.66. The molecule has 0 aliphatic carbocycles. The van der Waals surface area contributed by atoms with Crippen molar-refractivity contribution in [2.24, 2.45) is 5.92 Å². The number of nitrogens with one attached hydrogen (secondary N) is 1. The van der Waals surface area contributed by atoms with Crippen LogP contribution in [0, 0.1) is 5.92 Å². The Morgan fingerprint density at radius 2 is 1.81 bits per heavy atom. The molecule has 0 saturated heterocycles. The number of amides is 1. The molecule has 0 fully saturated rings. The molecule has 2 aromatic carbocycles. The molecule has 1 amide bonds. The number of hydrogen-bond donors (Lipinski definition) is 1. The Bertz CT molecular complexity index is 1250. The first-order valence-electron chi connectivity index (χ1n) is 11.1. The molecule has 7 heteroatoms. The number of ether oxygens (including phenoxy) is 1. The van der Waals surface area contributed by atoms with Crippen LogP contribution in [-0.2, 0) is 6.54 Å². The molecule has 0 spiro atoms. The number of methoxy groups -OCH3 is 1. The molecule has 32 heavy (non-hydrogen) atoms. The number of benzene rings is 2. The fourth-order valence-corrected chi connectivity index (χ4v) is 3.90. The molecule has 0 aliphatic rings. The maximum Gasteiger partial charge on any atom is 0.251 e.